The SMILES string of the molecule is CCCOc1ccc(C2NC(CO)(C(=O)O)C3C(=O)N(C(C)(C)C)C(=O)C23)cc1. The largest absolute Gasteiger partial charge is 0.494 e. The number of aliphatic hydroxyl groups is 1. The molecule has 2 fully saturated rings. The number of carbonyl (C=O) groups excluding carboxylic acids is 2. The first-order valence-corrected chi connectivity index (χ1v) is 9.81. The van der Waals surface area contributed by atoms with Crippen molar-refractivity contribution in [3.05, 3.63) is 29.8 Å². The minimum absolute atomic E-state index is 0.423. The van der Waals surface area contributed by atoms with Gasteiger partial charge in [-0.2, -0.15) is 0 Å². The third-order valence-electron chi connectivity index (χ3n) is 5.67. The van der Waals surface area contributed by atoms with E-state index < -0.39 is 53.3 Å². The quantitative estimate of drug-likeness (QED) is 0.613. The Morgan fingerprint density at radius 2 is 1.83 bits per heavy atom. The van der Waals surface area contributed by atoms with Crippen LogP contribution >= 0.6 is 0 Å². The first-order chi connectivity index (χ1) is 13.6. The van der Waals surface area contributed by atoms with E-state index in [1.165, 1.54) is 0 Å². The number of carboxylic acid groups (broad SMARTS) is 1. The van der Waals surface area contributed by atoms with Crippen molar-refractivity contribution in [2.75, 3.05) is 13.2 Å². The van der Waals surface area contributed by atoms with Gasteiger partial charge in [-0.15, -0.1) is 0 Å². The first-order valence-electron chi connectivity index (χ1n) is 9.81. The molecular formula is C21H28N2O6. The minimum Gasteiger partial charge on any atom is -0.494 e. The van der Waals surface area contributed by atoms with Crippen molar-refractivity contribution in [2.45, 2.75) is 51.2 Å². The molecule has 2 amide bonds. The highest BCUT2D eigenvalue weighted by Gasteiger charge is 2.69. The van der Waals surface area contributed by atoms with Crippen LogP contribution in [-0.4, -0.2) is 57.2 Å². The zero-order chi connectivity index (χ0) is 21.6. The Morgan fingerprint density at radius 1 is 1.21 bits per heavy atom. The third kappa shape index (κ3) is 3.30. The zero-order valence-corrected chi connectivity index (χ0v) is 17.1. The number of nitrogens with one attached hydrogen (secondary N) is 1. The van der Waals surface area contributed by atoms with Crippen LogP contribution in [0.4, 0.5) is 0 Å². The first kappa shape index (κ1) is 21.3. The fourth-order valence-corrected chi connectivity index (χ4v) is 4.35. The van der Waals surface area contributed by atoms with Crippen LogP contribution in [0.25, 0.3) is 0 Å². The van der Waals surface area contributed by atoms with Crippen molar-refractivity contribution in [2.24, 2.45) is 11.8 Å². The number of likely N-dealkylation sites (tertiary alicyclic amines) is 1. The molecule has 2 aliphatic rings. The van der Waals surface area contributed by atoms with Gasteiger partial charge in [-0.3, -0.25) is 24.6 Å². The molecule has 1 aromatic rings. The van der Waals surface area contributed by atoms with E-state index in [0.29, 0.717) is 17.9 Å². The summed E-state index contributed by atoms with van der Waals surface area (Å²) in [6.45, 7) is 6.97. The van der Waals surface area contributed by atoms with Gasteiger partial charge in [0, 0.05) is 11.6 Å². The number of carboxylic acids is 1. The Kier molecular flexibility index (Phi) is 5.44. The number of rotatable bonds is 6. The Bertz CT molecular complexity index is 815. The predicted octanol–water partition coefficient (Wildman–Crippen LogP) is 1.34. The van der Waals surface area contributed by atoms with Gasteiger partial charge in [0.05, 0.1) is 25.0 Å². The third-order valence-corrected chi connectivity index (χ3v) is 5.67. The highest BCUT2D eigenvalue weighted by Crippen LogP contribution is 2.50. The summed E-state index contributed by atoms with van der Waals surface area (Å²) < 4.78 is 5.58. The molecule has 2 saturated heterocycles. The zero-order valence-electron chi connectivity index (χ0n) is 17.1. The van der Waals surface area contributed by atoms with E-state index in [1.54, 1.807) is 45.0 Å². The van der Waals surface area contributed by atoms with Crippen molar-refractivity contribution in [3.63, 3.8) is 0 Å². The van der Waals surface area contributed by atoms with Gasteiger partial charge < -0.3 is 14.9 Å². The number of aliphatic hydroxyl groups excluding tert-OH is 1. The molecule has 0 radical (unpaired) electrons. The van der Waals surface area contributed by atoms with Gasteiger partial charge in [-0.25, -0.2) is 0 Å². The molecule has 4 unspecified atom stereocenters. The Hall–Kier alpha value is -2.45. The number of fused-ring (bicyclic) bond motifs is 1. The van der Waals surface area contributed by atoms with Crippen LogP contribution in [0.2, 0.25) is 0 Å². The summed E-state index contributed by atoms with van der Waals surface area (Å²) in [6, 6.07) is 6.31. The van der Waals surface area contributed by atoms with E-state index in [2.05, 4.69) is 5.32 Å². The summed E-state index contributed by atoms with van der Waals surface area (Å²) in [5.74, 6) is -3.76. The van der Waals surface area contributed by atoms with Gasteiger partial charge in [0.25, 0.3) is 0 Å². The Balaban J connectivity index is 2.04. The van der Waals surface area contributed by atoms with Crippen LogP contribution in [0.5, 0.6) is 5.75 Å². The molecular weight excluding hydrogens is 376 g/mol. The molecule has 0 spiro atoms. The monoisotopic (exact) mass is 404 g/mol. The molecule has 3 N–H and O–H groups in total. The summed E-state index contributed by atoms with van der Waals surface area (Å²) in [4.78, 5) is 39.6. The number of imide groups is 1. The van der Waals surface area contributed by atoms with Crippen molar-refractivity contribution < 1.29 is 29.3 Å². The molecule has 2 heterocycles. The van der Waals surface area contributed by atoms with E-state index in [1.807, 2.05) is 6.92 Å². The Labute approximate surface area is 169 Å². The van der Waals surface area contributed by atoms with Crippen LogP contribution in [0.3, 0.4) is 0 Å². The fraction of sp³-hybridized carbons (Fsp3) is 0.571. The standard InChI is InChI=1S/C21H28N2O6/c1-5-10-29-13-8-6-12(7-9-13)16-14-15(21(11-24,22-16)19(27)28)18(26)23(17(14)25)20(2,3)4/h6-9,14-16,22,24H,5,10-11H2,1-4H3,(H,27,28). The van der Waals surface area contributed by atoms with E-state index in [9.17, 15) is 24.6 Å². The second kappa shape index (κ2) is 7.42. The molecule has 2 aliphatic heterocycles. The molecule has 29 heavy (non-hydrogen) atoms. The topological polar surface area (TPSA) is 116 Å². The van der Waals surface area contributed by atoms with Crippen LogP contribution in [0.15, 0.2) is 24.3 Å². The molecule has 158 valence electrons. The van der Waals surface area contributed by atoms with Crippen LogP contribution in [0.1, 0.15) is 45.7 Å². The molecule has 8 heteroatoms. The van der Waals surface area contributed by atoms with Crippen molar-refractivity contribution in [1.82, 2.24) is 10.2 Å². The van der Waals surface area contributed by atoms with Crippen molar-refractivity contribution in [3.8, 4) is 5.75 Å². The number of hydrogen-bond acceptors (Lipinski definition) is 6. The minimum atomic E-state index is -1.92. The average molecular weight is 404 g/mol. The molecule has 8 nitrogen and oxygen atoms in total. The van der Waals surface area contributed by atoms with E-state index in [-0.39, 0.29) is 0 Å². The van der Waals surface area contributed by atoms with Crippen LogP contribution in [0, 0.1) is 11.8 Å². The molecule has 3 rings (SSSR count). The normalized spacial score (nSPS) is 29.3. The highest BCUT2D eigenvalue weighted by atomic mass is 16.5. The number of benzene rings is 1. The molecule has 0 aliphatic carbocycles. The lowest BCUT2D eigenvalue weighted by Gasteiger charge is -2.34. The van der Waals surface area contributed by atoms with Gasteiger partial charge in [0.15, 0.2) is 5.54 Å². The lowest BCUT2D eigenvalue weighted by molar-refractivity contribution is -0.155. The van der Waals surface area contributed by atoms with Gasteiger partial charge in [0.2, 0.25) is 11.8 Å². The van der Waals surface area contributed by atoms with Crippen LogP contribution in [-0.2, 0) is 14.4 Å². The molecule has 0 saturated carbocycles. The summed E-state index contributed by atoms with van der Waals surface area (Å²) in [6.07, 6.45) is 0.868. The van der Waals surface area contributed by atoms with Gasteiger partial charge in [0.1, 0.15) is 5.75 Å². The average Bonchev–Trinajstić information content (AvgIpc) is 3.15. The number of amides is 2. The summed E-state index contributed by atoms with van der Waals surface area (Å²) >= 11 is 0. The maximum absolute atomic E-state index is 13.2. The highest BCUT2D eigenvalue weighted by molar-refractivity contribution is 6.10. The number of nitrogens with zero attached hydrogens (tertiary/aromatic N) is 1. The Morgan fingerprint density at radius 3 is 2.31 bits per heavy atom. The van der Waals surface area contributed by atoms with Crippen molar-refractivity contribution >= 4 is 17.8 Å². The van der Waals surface area contributed by atoms with E-state index >= 15 is 0 Å². The number of aliphatic carboxylic acids is 1. The maximum atomic E-state index is 13.2. The second-order valence-electron chi connectivity index (χ2n) is 8.66. The van der Waals surface area contributed by atoms with E-state index in [4.69, 9.17) is 4.74 Å². The summed E-state index contributed by atoms with van der Waals surface area (Å²) in [5.41, 5.74) is -2.04. The van der Waals surface area contributed by atoms with E-state index in [0.717, 1.165) is 11.3 Å². The van der Waals surface area contributed by atoms with Crippen molar-refractivity contribution in [1.29, 1.82) is 0 Å². The lowest BCUT2D eigenvalue weighted by Crippen LogP contribution is -2.59. The van der Waals surface area contributed by atoms with Gasteiger partial charge >= 0.3 is 5.97 Å². The van der Waals surface area contributed by atoms with Gasteiger partial charge in [-0.1, -0.05) is 19.1 Å². The van der Waals surface area contributed by atoms with Crippen LogP contribution < -0.4 is 10.1 Å². The smallest absolute Gasteiger partial charge is 0.327 e. The summed E-state index contributed by atoms with van der Waals surface area (Å²) in [5, 5.41) is 22.8. The molecule has 4 atom stereocenters. The summed E-state index contributed by atoms with van der Waals surface area (Å²) in [7, 11) is 0. The number of carbonyl (C=O) groups is 3. The second-order valence-corrected chi connectivity index (χ2v) is 8.66. The molecule has 1 aromatic carbocycles. The predicted molar refractivity (Wildman–Crippen MR) is 104 cm³/mol. The lowest BCUT2D eigenvalue weighted by atomic mass is 9.79. The fourth-order valence-electron chi connectivity index (χ4n) is 4.35. The molecule has 0 bridgehead atoms. The number of ether oxygens (including phenoxy) is 1. The number of hydrogen-bond donors (Lipinski definition) is 3. The maximum Gasteiger partial charge on any atom is 0.327 e. The molecule has 0 aromatic heterocycles. The van der Waals surface area contributed by atoms with Gasteiger partial charge in [-0.05, 0) is 44.9 Å².